The molecule has 1 amide bonds. The van der Waals surface area contributed by atoms with Crippen LogP contribution in [0.4, 0.5) is 0 Å². The number of pyridine rings is 1. The number of ketones is 1. The van der Waals surface area contributed by atoms with Crippen LogP contribution in [0.1, 0.15) is 79.2 Å². The van der Waals surface area contributed by atoms with Gasteiger partial charge in [-0.05, 0) is 45.2 Å². The van der Waals surface area contributed by atoms with Crippen LogP contribution in [0.15, 0.2) is 47.4 Å². The Bertz CT molecular complexity index is 1000. The van der Waals surface area contributed by atoms with Crippen LogP contribution in [0, 0.1) is 0 Å². The van der Waals surface area contributed by atoms with E-state index < -0.39 is 17.1 Å². The fourth-order valence-corrected chi connectivity index (χ4v) is 3.25. The molecule has 0 aliphatic heterocycles. The molecule has 1 N–H and O–H groups in total. The standard InChI is InChI=1S/C25H32N2O5/c1-25(2,3)32-22(29)14-10-6-9-13-21(28)19-15-20(23(30)26-4)24(31)27(17-19)16-18-11-7-5-8-12-18/h5,7-8,11-12,15,17H,6,9-10,13-14,16H2,1-4H3,(H,26,30). The topological polar surface area (TPSA) is 94.5 Å². The summed E-state index contributed by atoms with van der Waals surface area (Å²) in [5, 5.41) is 2.46. The maximum absolute atomic E-state index is 12.8. The Morgan fingerprint density at radius 2 is 1.66 bits per heavy atom. The van der Waals surface area contributed by atoms with Crippen molar-refractivity contribution in [2.24, 2.45) is 0 Å². The van der Waals surface area contributed by atoms with Crippen molar-refractivity contribution in [2.75, 3.05) is 7.05 Å². The predicted octanol–water partition coefficient (Wildman–Crippen LogP) is 3.73. The van der Waals surface area contributed by atoms with Crippen LogP contribution >= 0.6 is 0 Å². The first-order valence-corrected chi connectivity index (χ1v) is 10.9. The highest BCUT2D eigenvalue weighted by molar-refractivity contribution is 6.00. The number of nitrogens with zero attached hydrogens (tertiary/aromatic N) is 1. The minimum Gasteiger partial charge on any atom is -0.460 e. The zero-order valence-electron chi connectivity index (χ0n) is 19.3. The Hall–Kier alpha value is -3.22. The third kappa shape index (κ3) is 7.80. The van der Waals surface area contributed by atoms with Crippen molar-refractivity contribution in [3.63, 3.8) is 0 Å². The predicted molar refractivity (Wildman–Crippen MR) is 123 cm³/mol. The van der Waals surface area contributed by atoms with Gasteiger partial charge in [-0.15, -0.1) is 0 Å². The lowest BCUT2D eigenvalue weighted by Gasteiger charge is -2.19. The molecule has 0 aliphatic rings. The second-order valence-corrected chi connectivity index (χ2v) is 8.71. The van der Waals surface area contributed by atoms with Crippen molar-refractivity contribution in [2.45, 2.75) is 65.0 Å². The van der Waals surface area contributed by atoms with Gasteiger partial charge in [0.05, 0.1) is 6.54 Å². The molecule has 0 spiro atoms. The lowest BCUT2D eigenvalue weighted by Crippen LogP contribution is -2.32. The summed E-state index contributed by atoms with van der Waals surface area (Å²) in [6.07, 6.45) is 4.05. The van der Waals surface area contributed by atoms with Crippen molar-refractivity contribution in [1.29, 1.82) is 0 Å². The lowest BCUT2D eigenvalue weighted by atomic mass is 10.0. The van der Waals surface area contributed by atoms with Crippen LogP contribution in [0.25, 0.3) is 0 Å². The summed E-state index contributed by atoms with van der Waals surface area (Å²) in [6.45, 7) is 5.75. The van der Waals surface area contributed by atoms with Gasteiger partial charge in [0.1, 0.15) is 11.2 Å². The Morgan fingerprint density at radius 3 is 2.28 bits per heavy atom. The van der Waals surface area contributed by atoms with Crippen molar-refractivity contribution in [3.8, 4) is 0 Å². The molecule has 32 heavy (non-hydrogen) atoms. The van der Waals surface area contributed by atoms with Crippen LogP contribution in [0.3, 0.4) is 0 Å². The molecule has 0 atom stereocenters. The quantitative estimate of drug-likeness (QED) is 0.345. The van der Waals surface area contributed by atoms with Gasteiger partial charge in [-0.3, -0.25) is 19.2 Å². The fourth-order valence-electron chi connectivity index (χ4n) is 3.25. The molecule has 0 saturated carbocycles. The SMILES string of the molecule is CNC(=O)c1cc(C(=O)CCCCCC(=O)OC(C)(C)C)cn(Cc2ccccc2)c1=O. The van der Waals surface area contributed by atoms with E-state index in [0.29, 0.717) is 31.2 Å². The van der Waals surface area contributed by atoms with Crippen LogP contribution < -0.4 is 10.9 Å². The number of aromatic nitrogens is 1. The molecule has 0 unspecified atom stereocenters. The van der Waals surface area contributed by atoms with Crippen LogP contribution in [-0.2, 0) is 16.1 Å². The summed E-state index contributed by atoms with van der Waals surface area (Å²) < 4.78 is 6.68. The molecular formula is C25H32N2O5. The highest BCUT2D eigenvalue weighted by Crippen LogP contribution is 2.13. The number of hydrogen-bond donors (Lipinski definition) is 1. The molecule has 0 bridgehead atoms. The van der Waals surface area contributed by atoms with E-state index in [-0.39, 0.29) is 30.3 Å². The van der Waals surface area contributed by atoms with Gasteiger partial charge < -0.3 is 14.6 Å². The monoisotopic (exact) mass is 440 g/mol. The second kappa shape index (κ2) is 11.4. The summed E-state index contributed by atoms with van der Waals surface area (Å²) >= 11 is 0. The normalized spacial score (nSPS) is 11.1. The molecule has 172 valence electrons. The number of ether oxygens (including phenoxy) is 1. The van der Waals surface area contributed by atoms with E-state index in [4.69, 9.17) is 4.74 Å². The number of carbonyl (C=O) groups is 3. The number of benzene rings is 1. The van der Waals surface area contributed by atoms with Crippen molar-refractivity contribution >= 4 is 17.7 Å². The minimum atomic E-state index is -0.524. The summed E-state index contributed by atoms with van der Waals surface area (Å²) in [7, 11) is 1.45. The summed E-state index contributed by atoms with van der Waals surface area (Å²) in [6, 6.07) is 10.7. The van der Waals surface area contributed by atoms with Crippen molar-refractivity contribution in [3.05, 3.63) is 69.6 Å². The average molecular weight is 441 g/mol. The molecular weight excluding hydrogens is 408 g/mol. The first kappa shape index (κ1) is 25.0. The lowest BCUT2D eigenvalue weighted by molar-refractivity contribution is -0.154. The zero-order valence-corrected chi connectivity index (χ0v) is 19.3. The molecule has 1 heterocycles. The number of Topliss-reactive ketones (excluding diaryl/α,β-unsaturated/α-hetero) is 1. The van der Waals surface area contributed by atoms with Gasteiger partial charge in [0.25, 0.3) is 11.5 Å². The molecule has 2 aromatic rings. The van der Waals surface area contributed by atoms with Crippen molar-refractivity contribution < 1.29 is 19.1 Å². The van der Waals surface area contributed by atoms with E-state index >= 15 is 0 Å². The van der Waals surface area contributed by atoms with E-state index in [1.54, 1.807) is 0 Å². The van der Waals surface area contributed by atoms with Gasteiger partial charge in [-0.1, -0.05) is 36.8 Å². The van der Waals surface area contributed by atoms with Crippen LogP contribution in [0.2, 0.25) is 0 Å². The first-order valence-electron chi connectivity index (χ1n) is 10.9. The Morgan fingerprint density at radius 1 is 1.00 bits per heavy atom. The fraction of sp³-hybridized carbons (Fsp3) is 0.440. The maximum Gasteiger partial charge on any atom is 0.306 e. The molecule has 0 fully saturated rings. The molecule has 0 aliphatic carbocycles. The molecule has 7 nitrogen and oxygen atoms in total. The molecule has 2 rings (SSSR count). The number of nitrogens with one attached hydrogen (secondary N) is 1. The summed E-state index contributed by atoms with van der Waals surface area (Å²) in [5.74, 6) is -0.912. The highest BCUT2D eigenvalue weighted by Gasteiger charge is 2.18. The Labute approximate surface area is 188 Å². The molecule has 1 aromatic heterocycles. The zero-order chi connectivity index (χ0) is 23.7. The van der Waals surface area contributed by atoms with Gasteiger partial charge in [0.15, 0.2) is 5.78 Å². The van der Waals surface area contributed by atoms with E-state index in [2.05, 4.69) is 5.32 Å². The van der Waals surface area contributed by atoms with E-state index in [1.807, 2.05) is 51.1 Å². The summed E-state index contributed by atoms with van der Waals surface area (Å²) in [5.41, 5.74) is 0.218. The molecule has 0 radical (unpaired) electrons. The van der Waals surface area contributed by atoms with Gasteiger partial charge >= 0.3 is 5.97 Å². The molecule has 1 aromatic carbocycles. The number of unbranched alkanes of at least 4 members (excludes halogenated alkanes) is 2. The number of esters is 1. The average Bonchev–Trinajstić information content (AvgIpc) is 2.73. The third-order valence-corrected chi connectivity index (χ3v) is 4.78. The first-order chi connectivity index (χ1) is 15.1. The number of rotatable bonds is 10. The second-order valence-electron chi connectivity index (χ2n) is 8.71. The molecule has 7 heteroatoms. The van der Waals surface area contributed by atoms with E-state index in [0.717, 1.165) is 5.56 Å². The number of carbonyl (C=O) groups excluding carboxylic acids is 3. The third-order valence-electron chi connectivity index (χ3n) is 4.78. The van der Waals surface area contributed by atoms with Gasteiger partial charge in [0, 0.05) is 31.6 Å². The highest BCUT2D eigenvalue weighted by atomic mass is 16.6. The molecule has 0 saturated heterocycles. The van der Waals surface area contributed by atoms with Gasteiger partial charge in [-0.25, -0.2) is 0 Å². The van der Waals surface area contributed by atoms with E-state index in [9.17, 15) is 19.2 Å². The van der Waals surface area contributed by atoms with Crippen LogP contribution in [-0.4, -0.2) is 34.9 Å². The Balaban J connectivity index is 2.05. The van der Waals surface area contributed by atoms with Crippen LogP contribution in [0.5, 0.6) is 0 Å². The number of hydrogen-bond acceptors (Lipinski definition) is 5. The van der Waals surface area contributed by atoms with Crippen molar-refractivity contribution in [1.82, 2.24) is 9.88 Å². The minimum absolute atomic E-state index is 0.0563. The van der Waals surface area contributed by atoms with Gasteiger partial charge in [0.2, 0.25) is 0 Å². The summed E-state index contributed by atoms with van der Waals surface area (Å²) in [4.78, 5) is 49.5. The number of amides is 1. The smallest absolute Gasteiger partial charge is 0.306 e. The largest absolute Gasteiger partial charge is 0.460 e. The Kier molecular flexibility index (Phi) is 8.93. The van der Waals surface area contributed by atoms with Gasteiger partial charge in [-0.2, -0.15) is 0 Å². The van der Waals surface area contributed by atoms with E-state index in [1.165, 1.54) is 23.9 Å². The maximum atomic E-state index is 12.8.